The summed E-state index contributed by atoms with van der Waals surface area (Å²) in [6.07, 6.45) is -2.72. The van der Waals surface area contributed by atoms with Crippen molar-refractivity contribution < 1.29 is 23.1 Å². The van der Waals surface area contributed by atoms with Gasteiger partial charge in [-0.15, -0.1) is 0 Å². The van der Waals surface area contributed by atoms with Gasteiger partial charge >= 0.3 is 12.1 Å². The third-order valence-corrected chi connectivity index (χ3v) is 1.90. The minimum Gasteiger partial charge on any atom is -0.391 e. The van der Waals surface area contributed by atoms with E-state index >= 15 is 0 Å². The van der Waals surface area contributed by atoms with Crippen LogP contribution in [0.25, 0.3) is 0 Å². The van der Waals surface area contributed by atoms with Crippen LogP contribution in [0.5, 0.6) is 0 Å². The highest BCUT2D eigenvalue weighted by atomic mass is 19.4. The van der Waals surface area contributed by atoms with Gasteiger partial charge in [0.1, 0.15) is 0 Å². The number of aliphatic hydroxyl groups excluding tert-OH is 1. The van der Waals surface area contributed by atoms with Gasteiger partial charge in [0, 0.05) is 6.54 Å². The third kappa shape index (κ3) is 7.18. The first-order valence-corrected chi connectivity index (χ1v) is 4.91. The van der Waals surface area contributed by atoms with Gasteiger partial charge in [-0.05, 0) is 6.42 Å². The van der Waals surface area contributed by atoms with Gasteiger partial charge in [-0.3, -0.25) is 4.79 Å². The molecule has 0 aliphatic heterocycles. The van der Waals surface area contributed by atoms with Crippen LogP contribution >= 0.6 is 0 Å². The van der Waals surface area contributed by atoms with Crippen LogP contribution < -0.4 is 5.32 Å². The number of carbonyl (C=O) groups is 1. The molecule has 1 unspecified atom stereocenters. The summed E-state index contributed by atoms with van der Waals surface area (Å²) < 4.78 is 35.1. The van der Waals surface area contributed by atoms with Crippen molar-refractivity contribution in [2.45, 2.75) is 44.9 Å². The standard InChI is InChI=1S/C9H16F3NO2/c1-2-3-4-5-7(14)6-13-8(15)9(10,11)12/h7,14H,2-6H2,1H3,(H,13,15). The van der Waals surface area contributed by atoms with E-state index in [-0.39, 0.29) is 6.54 Å². The molecule has 15 heavy (non-hydrogen) atoms. The van der Waals surface area contributed by atoms with Gasteiger partial charge in [0.15, 0.2) is 0 Å². The molecule has 0 bridgehead atoms. The van der Waals surface area contributed by atoms with Crippen molar-refractivity contribution in [3.05, 3.63) is 0 Å². The number of nitrogens with one attached hydrogen (secondary N) is 1. The van der Waals surface area contributed by atoms with E-state index in [4.69, 9.17) is 0 Å². The van der Waals surface area contributed by atoms with Crippen LogP contribution in [0.15, 0.2) is 0 Å². The summed E-state index contributed by atoms with van der Waals surface area (Å²) in [6, 6.07) is 0. The average Bonchev–Trinajstić information content (AvgIpc) is 2.13. The van der Waals surface area contributed by atoms with E-state index in [1.165, 1.54) is 0 Å². The number of alkyl halides is 3. The van der Waals surface area contributed by atoms with Crippen LogP contribution in [0, 0.1) is 0 Å². The van der Waals surface area contributed by atoms with E-state index in [1.807, 2.05) is 6.92 Å². The zero-order chi connectivity index (χ0) is 11.9. The quantitative estimate of drug-likeness (QED) is 0.677. The van der Waals surface area contributed by atoms with Crippen LogP contribution in [0.1, 0.15) is 32.6 Å². The molecule has 0 spiro atoms. The van der Waals surface area contributed by atoms with Gasteiger partial charge in [0.25, 0.3) is 0 Å². The Labute approximate surface area is 86.7 Å². The van der Waals surface area contributed by atoms with E-state index in [0.29, 0.717) is 6.42 Å². The number of halogens is 3. The summed E-state index contributed by atoms with van der Waals surface area (Å²) in [6.45, 7) is 1.64. The lowest BCUT2D eigenvalue weighted by molar-refractivity contribution is -0.174. The molecule has 1 atom stereocenters. The molecule has 0 saturated carbocycles. The van der Waals surface area contributed by atoms with Crippen molar-refractivity contribution in [2.75, 3.05) is 6.54 Å². The molecule has 0 aromatic carbocycles. The fraction of sp³-hybridized carbons (Fsp3) is 0.889. The smallest absolute Gasteiger partial charge is 0.391 e. The van der Waals surface area contributed by atoms with Crippen LogP contribution in [-0.2, 0) is 4.79 Å². The average molecular weight is 227 g/mol. The van der Waals surface area contributed by atoms with E-state index in [1.54, 1.807) is 5.32 Å². The maximum Gasteiger partial charge on any atom is 0.471 e. The minimum absolute atomic E-state index is 0.345. The summed E-state index contributed by atoms with van der Waals surface area (Å²) in [4.78, 5) is 10.4. The SMILES string of the molecule is CCCCCC(O)CNC(=O)C(F)(F)F. The zero-order valence-corrected chi connectivity index (χ0v) is 8.60. The lowest BCUT2D eigenvalue weighted by Crippen LogP contribution is -2.40. The molecule has 0 aliphatic rings. The molecule has 0 fully saturated rings. The molecule has 90 valence electrons. The Balaban J connectivity index is 3.62. The fourth-order valence-electron chi connectivity index (χ4n) is 1.04. The van der Waals surface area contributed by atoms with Gasteiger partial charge < -0.3 is 10.4 Å². The molecule has 0 rings (SSSR count). The van der Waals surface area contributed by atoms with Crippen LogP contribution in [0.4, 0.5) is 13.2 Å². The predicted molar refractivity (Wildman–Crippen MR) is 49.2 cm³/mol. The van der Waals surface area contributed by atoms with Gasteiger partial charge in [-0.25, -0.2) is 0 Å². The van der Waals surface area contributed by atoms with Crippen molar-refractivity contribution in [1.82, 2.24) is 5.32 Å². The first kappa shape index (κ1) is 14.2. The summed E-state index contributed by atoms with van der Waals surface area (Å²) in [7, 11) is 0. The number of hydrogen-bond donors (Lipinski definition) is 2. The second-order valence-electron chi connectivity index (χ2n) is 3.36. The summed E-state index contributed by atoms with van der Waals surface area (Å²) in [5, 5.41) is 10.8. The Morgan fingerprint density at radius 2 is 2.00 bits per heavy atom. The molecular formula is C9H16F3NO2. The van der Waals surface area contributed by atoms with Crippen molar-refractivity contribution in [2.24, 2.45) is 0 Å². The minimum atomic E-state index is -4.87. The first-order chi connectivity index (χ1) is 6.88. The highest BCUT2D eigenvalue weighted by Gasteiger charge is 2.38. The maximum absolute atomic E-state index is 11.7. The fourth-order valence-corrected chi connectivity index (χ4v) is 1.04. The Kier molecular flexibility index (Phi) is 6.31. The van der Waals surface area contributed by atoms with Crippen molar-refractivity contribution >= 4 is 5.91 Å². The van der Waals surface area contributed by atoms with Crippen LogP contribution in [0.3, 0.4) is 0 Å². The van der Waals surface area contributed by atoms with Crippen LogP contribution in [-0.4, -0.2) is 29.8 Å². The second kappa shape index (κ2) is 6.66. The molecule has 0 aromatic heterocycles. The van der Waals surface area contributed by atoms with Crippen molar-refractivity contribution in [1.29, 1.82) is 0 Å². The second-order valence-corrected chi connectivity index (χ2v) is 3.36. The maximum atomic E-state index is 11.7. The zero-order valence-electron chi connectivity index (χ0n) is 8.60. The Hall–Kier alpha value is -0.780. The highest BCUT2D eigenvalue weighted by molar-refractivity contribution is 5.81. The van der Waals surface area contributed by atoms with E-state index in [2.05, 4.69) is 0 Å². The lowest BCUT2D eigenvalue weighted by atomic mass is 10.1. The number of aliphatic hydroxyl groups is 1. The van der Waals surface area contributed by atoms with Crippen molar-refractivity contribution in [3.8, 4) is 0 Å². The summed E-state index contributed by atoms with van der Waals surface area (Å²) in [5.41, 5.74) is 0. The van der Waals surface area contributed by atoms with Gasteiger partial charge in [0.2, 0.25) is 0 Å². The van der Waals surface area contributed by atoms with E-state index in [0.717, 1.165) is 19.3 Å². The molecule has 0 aliphatic carbocycles. The van der Waals surface area contributed by atoms with E-state index in [9.17, 15) is 23.1 Å². The summed E-state index contributed by atoms with van der Waals surface area (Å²) >= 11 is 0. The van der Waals surface area contributed by atoms with Crippen LogP contribution in [0.2, 0.25) is 0 Å². The molecule has 0 saturated heterocycles. The Morgan fingerprint density at radius 1 is 1.40 bits per heavy atom. The van der Waals surface area contributed by atoms with E-state index < -0.39 is 18.2 Å². The number of unbranched alkanes of at least 4 members (excludes halogenated alkanes) is 2. The summed E-state index contributed by atoms with van der Waals surface area (Å²) in [5.74, 6) is -2.00. The monoisotopic (exact) mass is 227 g/mol. The number of rotatable bonds is 6. The molecule has 1 amide bonds. The molecule has 2 N–H and O–H groups in total. The Morgan fingerprint density at radius 3 is 2.47 bits per heavy atom. The molecule has 3 nitrogen and oxygen atoms in total. The van der Waals surface area contributed by atoms with Gasteiger partial charge in [0.05, 0.1) is 6.10 Å². The lowest BCUT2D eigenvalue weighted by Gasteiger charge is -2.12. The third-order valence-electron chi connectivity index (χ3n) is 1.90. The first-order valence-electron chi connectivity index (χ1n) is 4.91. The topological polar surface area (TPSA) is 49.3 Å². The molecule has 0 heterocycles. The van der Waals surface area contributed by atoms with Gasteiger partial charge in [-0.1, -0.05) is 26.2 Å². The van der Waals surface area contributed by atoms with Gasteiger partial charge in [-0.2, -0.15) is 13.2 Å². The molecule has 6 heteroatoms. The largest absolute Gasteiger partial charge is 0.471 e. The Bertz CT molecular complexity index is 194. The predicted octanol–water partition coefficient (Wildman–Crippen LogP) is 1.61. The molecule has 0 aromatic rings. The van der Waals surface area contributed by atoms with Crippen molar-refractivity contribution in [3.63, 3.8) is 0 Å². The highest BCUT2D eigenvalue weighted by Crippen LogP contribution is 2.14. The molecular weight excluding hydrogens is 211 g/mol. The number of carbonyl (C=O) groups excluding carboxylic acids is 1. The molecule has 0 radical (unpaired) electrons. The number of hydrogen-bond acceptors (Lipinski definition) is 2. The number of amides is 1. The normalized spacial score (nSPS) is 13.7.